The van der Waals surface area contributed by atoms with Crippen LogP contribution in [-0.4, -0.2) is 15.7 Å². The van der Waals surface area contributed by atoms with Gasteiger partial charge in [-0.25, -0.2) is 4.79 Å². The molecule has 94 valence electrons. The fourth-order valence-electron chi connectivity index (χ4n) is 2.21. The standard InChI is InChI=1S/C11H15FN2O3/c1-3-8-6(2)4-9(17-8)14-5-7(12)10(15)13-11(14)16/h5-6,8-9H,3-4H2,1-2H3,(H,13,15,16)/t6?,8-,9-/m1/s1. The van der Waals surface area contributed by atoms with Crippen molar-refractivity contribution >= 4 is 0 Å². The summed E-state index contributed by atoms with van der Waals surface area (Å²) < 4.78 is 19.9. The van der Waals surface area contributed by atoms with Gasteiger partial charge in [0.2, 0.25) is 5.82 Å². The SMILES string of the molecule is CC[C@H]1O[C@@H](n2cc(F)c(=O)[nH]c2=O)CC1C. The number of hydrogen-bond acceptors (Lipinski definition) is 3. The third-order valence-corrected chi connectivity index (χ3v) is 3.18. The van der Waals surface area contributed by atoms with E-state index in [2.05, 4.69) is 0 Å². The number of H-pyrrole nitrogens is 1. The summed E-state index contributed by atoms with van der Waals surface area (Å²) in [6, 6.07) is 0. The molecule has 0 radical (unpaired) electrons. The molecule has 1 aromatic rings. The normalized spacial score (nSPS) is 28.5. The van der Waals surface area contributed by atoms with Crippen LogP contribution in [0.25, 0.3) is 0 Å². The Balaban J connectivity index is 2.34. The maximum atomic E-state index is 13.1. The van der Waals surface area contributed by atoms with E-state index in [9.17, 15) is 14.0 Å². The number of ether oxygens (including phenoxy) is 1. The van der Waals surface area contributed by atoms with Crippen molar-refractivity contribution in [3.8, 4) is 0 Å². The molecule has 1 saturated heterocycles. The highest BCUT2D eigenvalue weighted by Crippen LogP contribution is 2.33. The number of nitrogens with zero attached hydrogens (tertiary/aromatic N) is 1. The van der Waals surface area contributed by atoms with Crippen LogP contribution < -0.4 is 11.2 Å². The molecule has 1 unspecified atom stereocenters. The number of aromatic amines is 1. The lowest BCUT2D eigenvalue weighted by Crippen LogP contribution is -2.33. The molecule has 0 aromatic carbocycles. The average Bonchev–Trinajstić information content (AvgIpc) is 2.65. The first-order valence-electron chi connectivity index (χ1n) is 5.69. The van der Waals surface area contributed by atoms with Gasteiger partial charge in [-0.05, 0) is 18.8 Å². The Morgan fingerprint density at radius 1 is 1.59 bits per heavy atom. The Labute approximate surface area is 97.2 Å². The number of rotatable bonds is 2. The Hall–Kier alpha value is -1.43. The van der Waals surface area contributed by atoms with Gasteiger partial charge in [-0.15, -0.1) is 0 Å². The van der Waals surface area contributed by atoms with Crippen molar-refractivity contribution in [2.75, 3.05) is 0 Å². The molecule has 1 aliphatic rings. The van der Waals surface area contributed by atoms with Crippen molar-refractivity contribution in [3.05, 3.63) is 32.9 Å². The van der Waals surface area contributed by atoms with Crippen molar-refractivity contribution in [2.45, 2.75) is 39.0 Å². The summed E-state index contributed by atoms with van der Waals surface area (Å²) in [6.07, 6.45) is 1.98. The van der Waals surface area contributed by atoms with Crippen molar-refractivity contribution in [3.63, 3.8) is 0 Å². The second kappa shape index (κ2) is 4.44. The highest BCUT2D eigenvalue weighted by Gasteiger charge is 2.32. The highest BCUT2D eigenvalue weighted by atomic mass is 19.1. The summed E-state index contributed by atoms with van der Waals surface area (Å²) in [7, 11) is 0. The molecule has 0 saturated carbocycles. The number of aromatic nitrogens is 2. The number of hydrogen-bond donors (Lipinski definition) is 1. The van der Waals surface area contributed by atoms with Crippen molar-refractivity contribution in [1.82, 2.24) is 9.55 Å². The quantitative estimate of drug-likeness (QED) is 0.841. The van der Waals surface area contributed by atoms with Crippen molar-refractivity contribution in [1.29, 1.82) is 0 Å². The van der Waals surface area contributed by atoms with Gasteiger partial charge in [-0.1, -0.05) is 13.8 Å². The summed E-state index contributed by atoms with van der Waals surface area (Å²) >= 11 is 0. The largest absolute Gasteiger partial charge is 0.354 e. The van der Waals surface area contributed by atoms with Gasteiger partial charge in [-0.3, -0.25) is 14.3 Å². The van der Waals surface area contributed by atoms with Gasteiger partial charge in [0.1, 0.15) is 6.23 Å². The first-order valence-corrected chi connectivity index (χ1v) is 5.69. The Morgan fingerprint density at radius 3 is 2.88 bits per heavy atom. The zero-order valence-corrected chi connectivity index (χ0v) is 9.77. The second-order valence-corrected chi connectivity index (χ2v) is 4.39. The number of halogens is 1. The molecule has 0 spiro atoms. The minimum Gasteiger partial charge on any atom is -0.354 e. The van der Waals surface area contributed by atoms with Crippen molar-refractivity contribution in [2.24, 2.45) is 5.92 Å². The molecule has 17 heavy (non-hydrogen) atoms. The molecule has 1 N–H and O–H groups in total. The van der Waals surface area contributed by atoms with Crippen molar-refractivity contribution < 1.29 is 9.13 Å². The van der Waals surface area contributed by atoms with Gasteiger partial charge < -0.3 is 4.74 Å². The van der Waals surface area contributed by atoms with Gasteiger partial charge in [0, 0.05) is 0 Å². The summed E-state index contributed by atoms with van der Waals surface area (Å²) in [6.45, 7) is 4.03. The summed E-state index contributed by atoms with van der Waals surface area (Å²) in [5.41, 5.74) is -1.63. The Morgan fingerprint density at radius 2 is 2.29 bits per heavy atom. The fourth-order valence-corrected chi connectivity index (χ4v) is 2.21. The van der Waals surface area contributed by atoms with E-state index in [1.807, 2.05) is 18.8 Å². The monoisotopic (exact) mass is 242 g/mol. The van der Waals surface area contributed by atoms with Crippen LogP contribution in [0.15, 0.2) is 15.8 Å². The van der Waals surface area contributed by atoms with Gasteiger partial charge in [0.05, 0.1) is 12.3 Å². The fraction of sp³-hybridized carbons (Fsp3) is 0.636. The van der Waals surface area contributed by atoms with E-state index in [1.54, 1.807) is 0 Å². The molecular formula is C11H15FN2O3. The smallest absolute Gasteiger partial charge is 0.330 e. The van der Waals surface area contributed by atoms with Gasteiger partial charge in [0.15, 0.2) is 0 Å². The summed E-state index contributed by atoms with van der Waals surface area (Å²) in [4.78, 5) is 24.4. The Bertz CT molecular complexity index is 522. The van der Waals surface area contributed by atoms with E-state index in [0.29, 0.717) is 12.3 Å². The third-order valence-electron chi connectivity index (χ3n) is 3.18. The molecule has 5 nitrogen and oxygen atoms in total. The zero-order chi connectivity index (χ0) is 12.6. The van der Waals surface area contributed by atoms with Crippen LogP contribution in [0.4, 0.5) is 4.39 Å². The van der Waals surface area contributed by atoms with E-state index >= 15 is 0 Å². The van der Waals surface area contributed by atoms with E-state index in [1.165, 1.54) is 0 Å². The maximum absolute atomic E-state index is 13.1. The van der Waals surface area contributed by atoms with Crippen LogP contribution in [-0.2, 0) is 4.74 Å². The molecule has 0 amide bonds. The molecule has 1 aliphatic heterocycles. The molecule has 0 aliphatic carbocycles. The average molecular weight is 242 g/mol. The lowest BCUT2D eigenvalue weighted by molar-refractivity contribution is -0.00813. The summed E-state index contributed by atoms with van der Waals surface area (Å²) in [5.74, 6) is -0.660. The first-order chi connectivity index (χ1) is 8.02. The predicted molar refractivity (Wildman–Crippen MR) is 59.3 cm³/mol. The molecule has 2 heterocycles. The zero-order valence-electron chi connectivity index (χ0n) is 9.77. The molecule has 1 aromatic heterocycles. The van der Waals surface area contributed by atoms with Crippen LogP contribution in [0.2, 0.25) is 0 Å². The lowest BCUT2D eigenvalue weighted by Gasteiger charge is -2.14. The minimum absolute atomic E-state index is 0.0712. The Kier molecular flexibility index (Phi) is 3.15. The number of nitrogens with one attached hydrogen (secondary N) is 1. The highest BCUT2D eigenvalue weighted by molar-refractivity contribution is 4.90. The van der Waals surface area contributed by atoms with E-state index in [4.69, 9.17) is 4.74 Å². The van der Waals surface area contributed by atoms with E-state index < -0.39 is 23.3 Å². The van der Waals surface area contributed by atoms with Crippen LogP contribution in [0.1, 0.15) is 32.9 Å². The topological polar surface area (TPSA) is 64.1 Å². The van der Waals surface area contributed by atoms with E-state index in [0.717, 1.165) is 17.2 Å². The second-order valence-electron chi connectivity index (χ2n) is 4.39. The van der Waals surface area contributed by atoms with Crippen LogP contribution >= 0.6 is 0 Å². The van der Waals surface area contributed by atoms with E-state index in [-0.39, 0.29) is 6.10 Å². The van der Waals surface area contributed by atoms with Crippen LogP contribution in [0.5, 0.6) is 0 Å². The van der Waals surface area contributed by atoms with Gasteiger partial charge in [-0.2, -0.15) is 4.39 Å². The maximum Gasteiger partial charge on any atom is 0.330 e. The first kappa shape index (κ1) is 12.0. The summed E-state index contributed by atoms with van der Waals surface area (Å²) in [5, 5.41) is 0. The third kappa shape index (κ3) is 2.17. The molecule has 6 heteroatoms. The molecule has 2 rings (SSSR count). The minimum atomic E-state index is -0.996. The molecule has 0 bridgehead atoms. The molecule has 3 atom stereocenters. The van der Waals surface area contributed by atoms with Gasteiger partial charge in [0.25, 0.3) is 5.56 Å². The molecule has 1 fully saturated rings. The molecular weight excluding hydrogens is 227 g/mol. The lowest BCUT2D eigenvalue weighted by atomic mass is 10.0. The van der Waals surface area contributed by atoms with Crippen LogP contribution in [0.3, 0.4) is 0 Å². The predicted octanol–water partition coefficient (Wildman–Crippen LogP) is 1.01. The van der Waals surface area contributed by atoms with Gasteiger partial charge >= 0.3 is 5.69 Å². The van der Waals surface area contributed by atoms with Crippen LogP contribution in [0, 0.1) is 11.7 Å².